The SMILES string of the molecule is COc1c2c(cc3c1[C@H](CC(=NO)c1cc(C)oc1C)N(C)CC3)OCO2. The molecule has 0 bridgehead atoms. The van der Waals surface area contributed by atoms with Gasteiger partial charge in [0, 0.05) is 30.1 Å². The molecule has 1 aromatic carbocycles. The van der Waals surface area contributed by atoms with Crippen LogP contribution in [0.3, 0.4) is 0 Å². The largest absolute Gasteiger partial charge is 0.492 e. The first kappa shape index (κ1) is 17.7. The Morgan fingerprint density at radius 2 is 2.15 bits per heavy atom. The van der Waals surface area contributed by atoms with Crippen molar-refractivity contribution in [2.45, 2.75) is 32.7 Å². The minimum Gasteiger partial charge on any atom is -0.492 e. The summed E-state index contributed by atoms with van der Waals surface area (Å²) >= 11 is 0. The average molecular weight is 372 g/mol. The first-order valence-electron chi connectivity index (χ1n) is 9.01. The van der Waals surface area contributed by atoms with Crippen LogP contribution in [-0.2, 0) is 6.42 Å². The van der Waals surface area contributed by atoms with Gasteiger partial charge in [-0.05, 0) is 45.0 Å². The van der Waals surface area contributed by atoms with Crippen LogP contribution in [0.25, 0.3) is 0 Å². The number of fused-ring (bicyclic) bond motifs is 2. The zero-order chi connectivity index (χ0) is 19.1. The lowest BCUT2D eigenvalue weighted by Gasteiger charge is -2.36. The number of oxime groups is 1. The Bertz CT molecular complexity index is 902. The quantitative estimate of drug-likeness (QED) is 0.503. The molecule has 4 rings (SSSR count). The maximum Gasteiger partial charge on any atom is 0.231 e. The zero-order valence-corrected chi connectivity index (χ0v) is 16.0. The van der Waals surface area contributed by atoms with E-state index in [1.165, 1.54) is 5.56 Å². The van der Waals surface area contributed by atoms with E-state index in [4.69, 9.17) is 18.6 Å². The van der Waals surface area contributed by atoms with Crippen LogP contribution in [0.2, 0.25) is 0 Å². The van der Waals surface area contributed by atoms with Crippen molar-refractivity contribution in [3.8, 4) is 17.2 Å². The monoisotopic (exact) mass is 372 g/mol. The molecule has 2 aliphatic heterocycles. The van der Waals surface area contributed by atoms with Gasteiger partial charge in [-0.1, -0.05) is 5.16 Å². The molecule has 27 heavy (non-hydrogen) atoms. The molecular weight excluding hydrogens is 348 g/mol. The highest BCUT2D eigenvalue weighted by atomic mass is 16.7. The van der Waals surface area contributed by atoms with E-state index in [0.29, 0.717) is 23.6 Å². The van der Waals surface area contributed by atoms with Crippen LogP contribution in [0.1, 0.15) is 40.7 Å². The van der Waals surface area contributed by atoms with E-state index < -0.39 is 0 Å². The Balaban J connectivity index is 1.77. The summed E-state index contributed by atoms with van der Waals surface area (Å²) in [5.41, 5.74) is 3.66. The lowest BCUT2D eigenvalue weighted by atomic mass is 9.87. The van der Waals surface area contributed by atoms with Crippen molar-refractivity contribution in [2.24, 2.45) is 5.16 Å². The van der Waals surface area contributed by atoms with Gasteiger partial charge in [0.15, 0.2) is 11.5 Å². The Morgan fingerprint density at radius 1 is 1.33 bits per heavy atom. The first-order valence-corrected chi connectivity index (χ1v) is 9.01. The number of methoxy groups -OCH3 is 1. The van der Waals surface area contributed by atoms with E-state index in [2.05, 4.69) is 17.1 Å². The van der Waals surface area contributed by atoms with E-state index in [1.54, 1.807) is 7.11 Å². The van der Waals surface area contributed by atoms with E-state index in [1.807, 2.05) is 26.0 Å². The van der Waals surface area contributed by atoms with E-state index in [9.17, 15) is 5.21 Å². The fraction of sp³-hybridized carbons (Fsp3) is 0.450. The van der Waals surface area contributed by atoms with Crippen molar-refractivity contribution in [1.29, 1.82) is 0 Å². The standard InChI is InChI=1S/C20H24N2O5/c1-11-7-14(12(2)27-11)15(21-23)9-16-18-13(5-6-22(16)3)8-17-19(20(18)24-4)26-10-25-17/h7-8,16,23H,5-6,9-10H2,1-4H3/t16-/m0/s1. The number of ether oxygens (including phenoxy) is 3. The van der Waals surface area contributed by atoms with E-state index >= 15 is 0 Å². The van der Waals surface area contributed by atoms with Gasteiger partial charge < -0.3 is 23.8 Å². The fourth-order valence-electron chi connectivity index (χ4n) is 4.09. The second kappa shape index (κ2) is 6.81. The summed E-state index contributed by atoms with van der Waals surface area (Å²) < 4.78 is 22.6. The van der Waals surface area contributed by atoms with Crippen molar-refractivity contribution in [3.05, 3.63) is 40.3 Å². The predicted molar refractivity (Wildman–Crippen MR) is 99.3 cm³/mol. The van der Waals surface area contributed by atoms with Gasteiger partial charge in [-0.25, -0.2) is 0 Å². The molecule has 0 saturated carbocycles. The molecule has 0 radical (unpaired) electrons. The summed E-state index contributed by atoms with van der Waals surface area (Å²) in [5, 5.41) is 13.3. The summed E-state index contributed by atoms with van der Waals surface area (Å²) in [7, 11) is 3.72. The van der Waals surface area contributed by atoms with Gasteiger partial charge >= 0.3 is 0 Å². The number of rotatable bonds is 4. The Hall–Kier alpha value is -2.67. The van der Waals surface area contributed by atoms with Crippen LogP contribution in [0.15, 0.2) is 21.7 Å². The maximum absolute atomic E-state index is 9.71. The smallest absolute Gasteiger partial charge is 0.231 e. The highest BCUT2D eigenvalue weighted by molar-refractivity contribution is 6.01. The van der Waals surface area contributed by atoms with Crippen LogP contribution in [0.4, 0.5) is 0 Å². The second-order valence-corrected chi connectivity index (χ2v) is 7.04. The van der Waals surface area contributed by atoms with Gasteiger partial charge in [-0.2, -0.15) is 0 Å². The fourth-order valence-corrected chi connectivity index (χ4v) is 4.09. The summed E-state index contributed by atoms with van der Waals surface area (Å²) in [6.07, 6.45) is 1.42. The van der Waals surface area contributed by atoms with Crippen LogP contribution >= 0.6 is 0 Å². The average Bonchev–Trinajstić information content (AvgIpc) is 3.25. The second-order valence-electron chi connectivity index (χ2n) is 7.04. The van der Waals surface area contributed by atoms with Crippen molar-refractivity contribution in [2.75, 3.05) is 27.5 Å². The number of hydrogen-bond acceptors (Lipinski definition) is 7. The molecule has 2 aromatic rings. The third-order valence-electron chi connectivity index (χ3n) is 5.41. The van der Waals surface area contributed by atoms with Gasteiger partial charge in [-0.3, -0.25) is 4.90 Å². The van der Waals surface area contributed by atoms with Crippen LogP contribution < -0.4 is 14.2 Å². The molecule has 7 heteroatoms. The highest BCUT2D eigenvalue weighted by Gasteiger charge is 2.35. The molecule has 0 aliphatic carbocycles. The molecule has 7 nitrogen and oxygen atoms in total. The summed E-state index contributed by atoms with van der Waals surface area (Å²) in [6, 6.07) is 3.94. The molecule has 0 amide bonds. The van der Waals surface area contributed by atoms with Crippen LogP contribution in [-0.4, -0.2) is 43.3 Å². The normalized spacial score (nSPS) is 19.3. The summed E-state index contributed by atoms with van der Waals surface area (Å²) in [5.74, 6) is 3.62. The van der Waals surface area contributed by atoms with Gasteiger partial charge in [-0.15, -0.1) is 0 Å². The number of benzene rings is 1. The molecule has 0 spiro atoms. The number of aryl methyl sites for hydroxylation is 2. The topological polar surface area (TPSA) is 76.7 Å². The Kier molecular flexibility index (Phi) is 4.47. The third kappa shape index (κ3) is 2.92. The third-order valence-corrected chi connectivity index (χ3v) is 5.41. The molecular formula is C20H24N2O5. The van der Waals surface area contributed by atoms with Gasteiger partial charge in [0.25, 0.3) is 0 Å². The lowest BCUT2D eigenvalue weighted by molar-refractivity contribution is 0.170. The molecule has 0 unspecified atom stereocenters. The molecule has 3 heterocycles. The minimum absolute atomic E-state index is 0.0151. The van der Waals surface area contributed by atoms with Crippen molar-refractivity contribution in [1.82, 2.24) is 4.90 Å². The van der Waals surface area contributed by atoms with Crippen LogP contribution in [0.5, 0.6) is 17.2 Å². The highest BCUT2D eigenvalue weighted by Crippen LogP contribution is 2.50. The van der Waals surface area contributed by atoms with Crippen molar-refractivity contribution >= 4 is 5.71 Å². The number of nitrogens with zero attached hydrogens (tertiary/aromatic N) is 2. The molecule has 1 N–H and O–H groups in total. The molecule has 2 aliphatic rings. The molecule has 1 aromatic heterocycles. The van der Waals surface area contributed by atoms with Crippen LogP contribution in [0, 0.1) is 13.8 Å². The molecule has 0 saturated heterocycles. The Morgan fingerprint density at radius 3 is 2.81 bits per heavy atom. The van der Waals surface area contributed by atoms with Gasteiger partial charge in [0.05, 0.1) is 12.8 Å². The summed E-state index contributed by atoms with van der Waals surface area (Å²) in [4.78, 5) is 2.25. The zero-order valence-electron chi connectivity index (χ0n) is 16.0. The minimum atomic E-state index is -0.0151. The number of likely N-dealkylation sites (N-methyl/N-ethyl adjacent to an activating group) is 1. The summed E-state index contributed by atoms with van der Waals surface area (Å²) in [6.45, 7) is 4.86. The lowest BCUT2D eigenvalue weighted by Crippen LogP contribution is -2.34. The number of hydrogen-bond donors (Lipinski definition) is 1. The van der Waals surface area contributed by atoms with Gasteiger partial charge in [0.1, 0.15) is 11.5 Å². The molecule has 0 fully saturated rings. The molecule has 1 atom stereocenters. The number of furan rings is 1. The van der Waals surface area contributed by atoms with E-state index in [0.717, 1.165) is 41.4 Å². The molecule has 144 valence electrons. The van der Waals surface area contributed by atoms with Crippen molar-refractivity contribution < 1.29 is 23.8 Å². The van der Waals surface area contributed by atoms with Crippen molar-refractivity contribution in [3.63, 3.8) is 0 Å². The predicted octanol–water partition coefficient (Wildman–Crippen LogP) is 3.43. The maximum atomic E-state index is 9.71. The van der Waals surface area contributed by atoms with E-state index in [-0.39, 0.29) is 12.8 Å². The Labute approximate surface area is 158 Å². The first-order chi connectivity index (χ1) is 13.0. The van der Waals surface area contributed by atoms with Gasteiger partial charge in [0.2, 0.25) is 12.5 Å².